The third-order valence-corrected chi connectivity index (χ3v) is 3.31. The zero-order valence-corrected chi connectivity index (χ0v) is 9.47. The highest BCUT2D eigenvalue weighted by atomic mass is 16.1. The lowest BCUT2D eigenvalue weighted by molar-refractivity contribution is -0.121. The molecule has 1 rings (SSSR count). The molecule has 0 unspecified atom stereocenters. The van der Waals surface area contributed by atoms with Gasteiger partial charge in [-0.1, -0.05) is 20.8 Å². The third kappa shape index (κ3) is 2.47. The van der Waals surface area contributed by atoms with Crippen molar-refractivity contribution in [1.82, 2.24) is 5.32 Å². The standard InChI is InChI=1S/C11H22N2O/c1-4-13-11(7-10(12)14)5-9(6-11)8(2)3/h8-9,13H,4-7H2,1-3H3,(H2,12,14). The fourth-order valence-electron chi connectivity index (χ4n) is 2.48. The average molecular weight is 198 g/mol. The van der Waals surface area contributed by atoms with Crippen LogP contribution in [0.25, 0.3) is 0 Å². The first-order valence-corrected chi connectivity index (χ1v) is 5.52. The first kappa shape index (κ1) is 11.5. The van der Waals surface area contributed by atoms with Crippen molar-refractivity contribution in [3.05, 3.63) is 0 Å². The molecule has 14 heavy (non-hydrogen) atoms. The molecule has 82 valence electrons. The van der Waals surface area contributed by atoms with Crippen LogP contribution >= 0.6 is 0 Å². The highest BCUT2D eigenvalue weighted by molar-refractivity contribution is 5.75. The fraction of sp³-hybridized carbons (Fsp3) is 0.909. The van der Waals surface area contributed by atoms with Crippen LogP contribution in [0.1, 0.15) is 40.0 Å². The topological polar surface area (TPSA) is 55.1 Å². The first-order chi connectivity index (χ1) is 6.49. The lowest BCUT2D eigenvalue weighted by Crippen LogP contribution is -2.58. The predicted octanol–water partition coefficient (Wildman–Crippen LogP) is 1.28. The summed E-state index contributed by atoms with van der Waals surface area (Å²) in [5, 5.41) is 3.41. The van der Waals surface area contributed by atoms with Crippen LogP contribution in [0.3, 0.4) is 0 Å². The summed E-state index contributed by atoms with van der Waals surface area (Å²) in [7, 11) is 0. The number of carbonyl (C=O) groups excluding carboxylic acids is 1. The molecule has 3 heteroatoms. The molecule has 0 aromatic heterocycles. The average Bonchev–Trinajstić information content (AvgIpc) is 1.97. The normalized spacial score (nSPS) is 31.6. The Kier molecular flexibility index (Phi) is 3.53. The van der Waals surface area contributed by atoms with Crippen LogP contribution in [-0.2, 0) is 4.79 Å². The van der Waals surface area contributed by atoms with Crippen molar-refractivity contribution < 1.29 is 4.79 Å². The van der Waals surface area contributed by atoms with E-state index < -0.39 is 0 Å². The van der Waals surface area contributed by atoms with E-state index in [1.165, 1.54) is 0 Å². The molecule has 1 aliphatic carbocycles. The molecule has 0 aromatic carbocycles. The molecule has 0 atom stereocenters. The Bertz CT molecular complexity index is 207. The molecule has 0 aromatic rings. The van der Waals surface area contributed by atoms with E-state index >= 15 is 0 Å². The van der Waals surface area contributed by atoms with Crippen molar-refractivity contribution in [1.29, 1.82) is 0 Å². The van der Waals surface area contributed by atoms with Crippen molar-refractivity contribution >= 4 is 5.91 Å². The van der Waals surface area contributed by atoms with Gasteiger partial charge in [0, 0.05) is 12.0 Å². The summed E-state index contributed by atoms with van der Waals surface area (Å²) >= 11 is 0. The first-order valence-electron chi connectivity index (χ1n) is 5.52. The van der Waals surface area contributed by atoms with Crippen molar-refractivity contribution in [2.24, 2.45) is 17.6 Å². The summed E-state index contributed by atoms with van der Waals surface area (Å²) in [6, 6.07) is 0. The SMILES string of the molecule is CCNC1(CC(N)=O)CC(C(C)C)C1. The van der Waals surface area contributed by atoms with Gasteiger partial charge in [0.25, 0.3) is 0 Å². The maximum Gasteiger partial charge on any atom is 0.219 e. The Morgan fingerprint density at radius 1 is 1.57 bits per heavy atom. The molecule has 3 N–H and O–H groups in total. The predicted molar refractivity (Wildman–Crippen MR) is 57.8 cm³/mol. The second-order valence-corrected chi connectivity index (χ2v) is 4.87. The lowest BCUT2D eigenvalue weighted by Gasteiger charge is -2.49. The Morgan fingerprint density at radius 3 is 2.50 bits per heavy atom. The van der Waals surface area contributed by atoms with E-state index in [2.05, 4.69) is 26.1 Å². The maximum absolute atomic E-state index is 10.9. The van der Waals surface area contributed by atoms with Crippen molar-refractivity contribution in [2.45, 2.75) is 45.6 Å². The fourth-order valence-corrected chi connectivity index (χ4v) is 2.48. The molecule has 0 bridgehead atoms. The Hall–Kier alpha value is -0.570. The van der Waals surface area contributed by atoms with Gasteiger partial charge < -0.3 is 11.1 Å². The van der Waals surface area contributed by atoms with Crippen molar-refractivity contribution in [2.75, 3.05) is 6.54 Å². The molecular weight excluding hydrogens is 176 g/mol. The van der Waals surface area contributed by atoms with Crippen LogP contribution in [0.4, 0.5) is 0 Å². The van der Waals surface area contributed by atoms with Gasteiger partial charge in [0.15, 0.2) is 0 Å². The van der Waals surface area contributed by atoms with E-state index in [1.54, 1.807) is 0 Å². The zero-order chi connectivity index (χ0) is 10.8. The van der Waals surface area contributed by atoms with E-state index in [0.29, 0.717) is 6.42 Å². The van der Waals surface area contributed by atoms with Crippen LogP contribution in [0, 0.1) is 11.8 Å². The Labute approximate surface area is 86.4 Å². The molecule has 3 nitrogen and oxygen atoms in total. The molecular formula is C11H22N2O. The largest absolute Gasteiger partial charge is 0.370 e. The van der Waals surface area contributed by atoms with Gasteiger partial charge in [-0.15, -0.1) is 0 Å². The minimum atomic E-state index is -0.187. The molecule has 0 heterocycles. The number of hydrogen-bond acceptors (Lipinski definition) is 2. The Balaban J connectivity index is 2.48. The number of amides is 1. The van der Waals surface area contributed by atoms with Crippen LogP contribution in [0.15, 0.2) is 0 Å². The minimum absolute atomic E-state index is 0.0233. The molecule has 1 fully saturated rings. The lowest BCUT2D eigenvalue weighted by atomic mass is 9.62. The van der Waals surface area contributed by atoms with Crippen LogP contribution in [0.5, 0.6) is 0 Å². The van der Waals surface area contributed by atoms with Crippen molar-refractivity contribution in [3.8, 4) is 0 Å². The van der Waals surface area contributed by atoms with E-state index in [1.807, 2.05) is 0 Å². The van der Waals surface area contributed by atoms with Gasteiger partial charge in [-0.3, -0.25) is 4.79 Å². The molecule has 1 aliphatic rings. The Morgan fingerprint density at radius 2 is 2.14 bits per heavy atom. The molecule has 1 saturated carbocycles. The number of nitrogens with one attached hydrogen (secondary N) is 1. The summed E-state index contributed by atoms with van der Waals surface area (Å²) in [5.74, 6) is 1.29. The highest BCUT2D eigenvalue weighted by Gasteiger charge is 2.45. The van der Waals surface area contributed by atoms with Gasteiger partial charge in [-0.05, 0) is 31.2 Å². The molecule has 0 saturated heterocycles. The summed E-state index contributed by atoms with van der Waals surface area (Å²) in [6.07, 6.45) is 2.69. The summed E-state index contributed by atoms with van der Waals surface area (Å²) in [4.78, 5) is 10.9. The third-order valence-electron chi connectivity index (χ3n) is 3.31. The number of primary amides is 1. The highest BCUT2D eigenvalue weighted by Crippen LogP contribution is 2.43. The summed E-state index contributed by atoms with van der Waals surface area (Å²) in [5.41, 5.74) is 5.28. The number of hydrogen-bond donors (Lipinski definition) is 2. The number of rotatable bonds is 5. The van der Waals surface area contributed by atoms with Crippen LogP contribution < -0.4 is 11.1 Å². The van der Waals surface area contributed by atoms with Crippen LogP contribution in [0.2, 0.25) is 0 Å². The minimum Gasteiger partial charge on any atom is -0.370 e. The van der Waals surface area contributed by atoms with Crippen molar-refractivity contribution in [3.63, 3.8) is 0 Å². The quantitative estimate of drug-likeness (QED) is 0.699. The smallest absolute Gasteiger partial charge is 0.219 e. The molecule has 0 spiro atoms. The monoisotopic (exact) mass is 198 g/mol. The summed E-state index contributed by atoms with van der Waals surface area (Å²) in [6.45, 7) is 7.47. The molecule has 1 amide bonds. The zero-order valence-electron chi connectivity index (χ0n) is 9.47. The summed E-state index contributed by atoms with van der Waals surface area (Å²) < 4.78 is 0. The van der Waals surface area contributed by atoms with Crippen LogP contribution in [-0.4, -0.2) is 18.0 Å². The number of nitrogens with two attached hydrogens (primary N) is 1. The second kappa shape index (κ2) is 4.30. The molecule has 0 radical (unpaired) electrons. The van der Waals surface area contributed by atoms with Gasteiger partial charge in [-0.2, -0.15) is 0 Å². The maximum atomic E-state index is 10.9. The van der Waals surface area contributed by atoms with Gasteiger partial charge in [-0.25, -0.2) is 0 Å². The van der Waals surface area contributed by atoms with E-state index in [9.17, 15) is 4.79 Å². The van der Waals surface area contributed by atoms with Gasteiger partial charge in [0.2, 0.25) is 5.91 Å². The second-order valence-electron chi connectivity index (χ2n) is 4.87. The number of carbonyl (C=O) groups is 1. The van der Waals surface area contributed by atoms with E-state index in [0.717, 1.165) is 31.2 Å². The van der Waals surface area contributed by atoms with E-state index in [4.69, 9.17) is 5.73 Å². The van der Waals surface area contributed by atoms with E-state index in [-0.39, 0.29) is 11.4 Å². The molecule has 0 aliphatic heterocycles. The van der Waals surface area contributed by atoms with Gasteiger partial charge >= 0.3 is 0 Å². The van der Waals surface area contributed by atoms with Gasteiger partial charge in [0.05, 0.1) is 0 Å². The van der Waals surface area contributed by atoms with Gasteiger partial charge in [0.1, 0.15) is 0 Å².